The average Bonchev–Trinajstić information content (AvgIpc) is 3.24. The van der Waals surface area contributed by atoms with Gasteiger partial charge in [-0.3, -0.25) is 4.79 Å². The van der Waals surface area contributed by atoms with E-state index in [9.17, 15) is 18.3 Å². The summed E-state index contributed by atoms with van der Waals surface area (Å²) in [7, 11) is -3.43. The molecule has 1 N–H and O–H groups in total. The van der Waals surface area contributed by atoms with Gasteiger partial charge in [0.2, 0.25) is 15.9 Å². The summed E-state index contributed by atoms with van der Waals surface area (Å²) >= 11 is 0. The van der Waals surface area contributed by atoms with Crippen LogP contribution in [0.4, 0.5) is 0 Å². The lowest BCUT2D eigenvalue weighted by molar-refractivity contribution is -0.158. The summed E-state index contributed by atoms with van der Waals surface area (Å²) in [5.74, 6) is 6.97. The van der Waals surface area contributed by atoms with Gasteiger partial charge in [-0.2, -0.15) is 4.31 Å². The van der Waals surface area contributed by atoms with Crippen molar-refractivity contribution >= 4 is 15.9 Å². The summed E-state index contributed by atoms with van der Waals surface area (Å²) in [5, 5.41) is 9.87. The van der Waals surface area contributed by atoms with Crippen molar-refractivity contribution in [2.24, 2.45) is 5.92 Å². The Hall–Kier alpha value is -1.88. The lowest BCUT2D eigenvalue weighted by Gasteiger charge is -2.58. The zero-order valence-electron chi connectivity index (χ0n) is 17.5. The molecule has 3 atom stereocenters. The number of aliphatic hydroxyl groups excluding tert-OH is 1. The molecule has 1 saturated carbocycles. The molecule has 0 bridgehead atoms. The molecular formula is C23H30N2O4S. The van der Waals surface area contributed by atoms with Crippen molar-refractivity contribution in [1.29, 1.82) is 0 Å². The number of amides is 1. The summed E-state index contributed by atoms with van der Waals surface area (Å²) in [6.07, 6.45) is 6.19. The van der Waals surface area contributed by atoms with Gasteiger partial charge in [-0.1, -0.05) is 36.8 Å². The molecule has 0 radical (unpaired) electrons. The van der Waals surface area contributed by atoms with Crippen LogP contribution in [0, 0.1) is 17.8 Å². The third-order valence-electron chi connectivity index (χ3n) is 6.87. The monoisotopic (exact) mass is 430 g/mol. The van der Waals surface area contributed by atoms with E-state index in [4.69, 9.17) is 0 Å². The molecule has 3 fully saturated rings. The maximum atomic E-state index is 12.5. The molecule has 2 saturated heterocycles. The Kier molecular flexibility index (Phi) is 6.19. The number of carbonyl (C=O) groups is 1. The summed E-state index contributed by atoms with van der Waals surface area (Å²) in [5.41, 5.74) is 1.98. The van der Waals surface area contributed by atoms with Crippen molar-refractivity contribution in [3.8, 4) is 11.8 Å². The highest BCUT2D eigenvalue weighted by molar-refractivity contribution is 7.89. The zero-order valence-corrected chi connectivity index (χ0v) is 18.3. The lowest BCUT2D eigenvalue weighted by atomic mass is 9.74. The van der Waals surface area contributed by atoms with E-state index >= 15 is 0 Å². The molecular weight excluding hydrogens is 400 g/mol. The predicted molar refractivity (Wildman–Crippen MR) is 115 cm³/mol. The minimum atomic E-state index is -3.43. The Morgan fingerprint density at radius 3 is 2.50 bits per heavy atom. The Morgan fingerprint density at radius 2 is 1.87 bits per heavy atom. The number of fused-ring (bicyclic) bond motifs is 1. The number of piperazine rings is 1. The molecule has 2 aliphatic heterocycles. The van der Waals surface area contributed by atoms with Crippen LogP contribution in [-0.4, -0.2) is 66.2 Å². The fraction of sp³-hybridized carbons (Fsp3) is 0.609. The van der Waals surface area contributed by atoms with Gasteiger partial charge in [0.15, 0.2) is 0 Å². The molecule has 1 aliphatic carbocycles. The first kappa shape index (κ1) is 21.4. The number of hydrogen-bond donors (Lipinski definition) is 1. The molecule has 1 aromatic carbocycles. The summed E-state index contributed by atoms with van der Waals surface area (Å²) < 4.78 is 25.9. The Labute approximate surface area is 179 Å². The van der Waals surface area contributed by atoms with E-state index in [1.165, 1.54) is 30.0 Å². The van der Waals surface area contributed by atoms with Crippen molar-refractivity contribution in [2.45, 2.75) is 57.0 Å². The molecule has 4 rings (SSSR count). The molecule has 6 nitrogen and oxygen atoms in total. The minimum absolute atomic E-state index is 0.0185. The van der Waals surface area contributed by atoms with Crippen LogP contribution in [0.1, 0.15) is 56.1 Å². The fourth-order valence-corrected chi connectivity index (χ4v) is 6.22. The van der Waals surface area contributed by atoms with Crippen LogP contribution in [0.5, 0.6) is 0 Å². The number of benzene rings is 1. The Balaban J connectivity index is 1.48. The smallest absolute Gasteiger partial charge is 0.238 e. The van der Waals surface area contributed by atoms with E-state index in [-0.39, 0.29) is 49.4 Å². The van der Waals surface area contributed by atoms with E-state index in [1.807, 2.05) is 24.3 Å². The third kappa shape index (κ3) is 4.01. The topological polar surface area (TPSA) is 77.9 Å². The normalized spacial score (nSPS) is 27.3. The van der Waals surface area contributed by atoms with E-state index < -0.39 is 10.0 Å². The molecule has 0 spiro atoms. The second kappa shape index (κ2) is 8.70. The molecule has 162 valence electrons. The molecule has 2 heterocycles. The van der Waals surface area contributed by atoms with Crippen LogP contribution in [0.3, 0.4) is 0 Å². The molecule has 0 aromatic heterocycles. The first-order chi connectivity index (χ1) is 14.4. The van der Waals surface area contributed by atoms with Gasteiger partial charge in [0, 0.05) is 24.4 Å². The van der Waals surface area contributed by atoms with Gasteiger partial charge in [0.1, 0.15) is 0 Å². The third-order valence-corrected chi connectivity index (χ3v) is 8.67. The average molecular weight is 431 g/mol. The van der Waals surface area contributed by atoms with Crippen LogP contribution in [-0.2, 0) is 14.8 Å². The molecule has 3 aliphatic rings. The molecule has 30 heavy (non-hydrogen) atoms. The van der Waals surface area contributed by atoms with Crippen molar-refractivity contribution < 1.29 is 18.3 Å². The molecule has 1 aromatic rings. The molecule has 0 unspecified atom stereocenters. The first-order valence-corrected chi connectivity index (χ1v) is 12.5. The van der Waals surface area contributed by atoms with E-state index in [0.29, 0.717) is 0 Å². The van der Waals surface area contributed by atoms with Crippen LogP contribution >= 0.6 is 0 Å². The second-order valence-corrected chi connectivity index (χ2v) is 10.9. The van der Waals surface area contributed by atoms with Gasteiger partial charge in [0.05, 0.1) is 31.0 Å². The lowest BCUT2D eigenvalue weighted by Crippen LogP contribution is -2.73. The van der Waals surface area contributed by atoms with Crippen molar-refractivity contribution in [2.75, 3.05) is 25.4 Å². The Bertz CT molecular complexity index is 942. The van der Waals surface area contributed by atoms with Crippen LogP contribution in [0.2, 0.25) is 0 Å². The van der Waals surface area contributed by atoms with Crippen LogP contribution < -0.4 is 0 Å². The highest BCUT2D eigenvalue weighted by Gasteiger charge is 2.55. The van der Waals surface area contributed by atoms with Crippen molar-refractivity contribution in [3.63, 3.8) is 0 Å². The number of rotatable bonds is 5. The van der Waals surface area contributed by atoms with Gasteiger partial charge in [0.25, 0.3) is 0 Å². The highest BCUT2D eigenvalue weighted by atomic mass is 32.2. The molecule has 7 heteroatoms. The fourth-order valence-electron chi connectivity index (χ4n) is 5.16. The van der Waals surface area contributed by atoms with Gasteiger partial charge < -0.3 is 10.0 Å². The van der Waals surface area contributed by atoms with Crippen LogP contribution in [0.15, 0.2) is 24.3 Å². The maximum absolute atomic E-state index is 12.5. The van der Waals surface area contributed by atoms with Gasteiger partial charge in [-0.25, -0.2) is 8.42 Å². The quantitative estimate of drug-likeness (QED) is 0.725. The van der Waals surface area contributed by atoms with E-state index in [2.05, 4.69) is 11.8 Å². The number of aliphatic hydroxyl groups is 1. The van der Waals surface area contributed by atoms with Crippen molar-refractivity contribution in [1.82, 2.24) is 9.21 Å². The number of nitrogens with zero attached hydrogens (tertiary/aromatic N) is 2. The summed E-state index contributed by atoms with van der Waals surface area (Å²) in [6, 6.07) is 7.44. The van der Waals surface area contributed by atoms with Gasteiger partial charge in [-0.05, 0) is 43.4 Å². The second-order valence-electron chi connectivity index (χ2n) is 8.62. The summed E-state index contributed by atoms with van der Waals surface area (Å²) in [4.78, 5) is 14.2. The SMILES string of the molecule is CCS(=O)(=O)N1CC(=O)N2[C@@H](CO)[C@H](c3ccc(C#CCC4CCCC4)cc3)[C@@H]2C1. The van der Waals surface area contributed by atoms with Gasteiger partial charge >= 0.3 is 0 Å². The van der Waals surface area contributed by atoms with Crippen molar-refractivity contribution in [3.05, 3.63) is 35.4 Å². The minimum Gasteiger partial charge on any atom is -0.394 e. The number of carbonyl (C=O) groups excluding carboxylic acids is 1. The largest absolute Gasteiger partial charge is 0.394 e. The number of sulfonamides is 1. The first-order valence-electron chi connectivity index (χ1n) is 10.9. The van der Waals surface area contributed by atoms with Gasteiger partial charge in [-0.15, -0.1) is 0 Å². The maximum Gasteiger partial charge on any atom is 0.238 e. The standard InChI is InChI=1S/C23H30N2O4S/c1-2-30(28,29)24-14-20-23(21(16-26)25(20)22(27)15-24)19-12-10-18(11-13-19)9-5-8-17-6-3-4-7-17/h10-13,17,20-21,23,26H,2-4,6-8,14-16H2,1H3/t20-,21-,23+/m0/s1. The molecule has 1 amide bonds. The zero-order chi connectivity index (χ0) is 21.3. The highest BCUT2D eigenvalue weighted by Crippen LogP contribution is 2.43. The number of hydrogen-bond acceptors (Lipinski definition) is 4. The van der Waals surface area contributed by atoms with E-state index in [0.717, 1.165) is 23.5 Å². The van der Waals surface area contributed by atoms with Crippen LogP contribution in [0.25, 0.3) is 0 Å². The Morgan fingerprint density at radius 1 is 1.17 bits per heavy atom. The van der Waals surface area contributed by atoms with E-state index in [1.54, 1.807) is 11.8 Å². The summed E-state index contributed by atoms with van der Waals surface area (Å²) in [6.45, 7) is 1.61. The predicted octanol–water partition coefficient (Wildman–Crippen LogP) is 1.94.